The van der Waals surface area contributed by atoms with Gasteiger partial charge in [-0.1, -0.05) is 25.1 Å². The second-order valence-corrected chi connectivity index (χ2v) is 6.81. The molecule has 1 amide bonds. The molecule has 1 aromatic carbocycles. The molecule has 3 rings (SSSR count). The van der Waals surface area contributed by atoms with Crippen LogP contribution in [0.4, 0.5) is 0 Å². The molecule has 1 saturated heterocycles. The highest BCUT2D eigenvalue weighted by Gasteiger charge is 2.37. The van der Waals surface area contributed by atoms with Crippen LogP contribution in [0.15, 0.2) is 28.7 Å². The van der Waals surface area contributed by atoms with E-state index in [0.29, 0.717) is 6.54 Å². The summed E-state index contributed by atoms with van der Waals surface area (Å²) in [6.07, 6.45) is 1.57. The number of aryl methyl sites for hydroxylation is 1. The van der Waals surface area contributed by atoms with Gasteiger partial charge in [0.2, 0.25) is 5.91 Å². The molecule has 0 radical (unpaired) electrons. The molecule has 2 N–H and O–H groups in total. The Morgan fingerprint density at radius 1 is 1.28 bits per heavy atom. The number of nitrogens with two attached hydrogens (primary N) is 1. The van der Waals surface area contributed by atoms with Gasteiger partial charge in [-0.15, -0.1) is 0 Å². The highest BCUT2D eigenvalue weighted by atomic mass is 16.3. The van der Waals surface area contributed by atoms with Crippen molar-refractivity contribution in [2.45, 2.75) is 52.2 Å². The molecule has 25 heavy (non-hydrogen) atoms. The minimum Gasteiger partial charge on any atom is -0.461 e. The topological polar surface area (TPSA) is 62.7 Å². The van der Waals surface area contributed by atoms with Crippen LogP contribution >= 0.6 is 0 Å². The van der Waals surface area contributed by atoms with Crippen molar-refractivity contribution in [3.8, 4) is 0 Å². The van der Waals surface area contributed by atoms with Gasteiger partial charge < -0.3 is 15.1 Å². The Balaban J connectivity index is 1.89. The smallest absolute Gasteiger partial charge is 0.239 e. The zero-order valence-electron chi connectivity index (χ0n) is 15.5. The Morgan fingerprint density at radius 3 is 2.68 bits per heavy atom. The average Bonchev–Trinajstić information content (AvgIpc) is 3.16. The van der Waals surface area contributed by atoms with E-state index in [4.69, 9.17) is 10.2 Å². The van der Waals surface area contributed by atoms with Gasteiger partial charge in [0.05, 0.1) is 6.04 Å². The fourth-order valence-electron chi connectivity index (χ4n) is 3.93. The van der Waals surface area contributed by atoms with Crippen LogP contribution in [0, 0.1) is 0 Å². The molecule has 136 valence electrons. The molecule has 0 aliphatic carbocycles. The number of carbonyl (C=O) groups is 1. The second kappa shape index (κ2) is 7.58. The van der Waals surface area contributed by atoms with Gasteiger partial charge in [-0.25, -0.2) is 0 Å². The Bertz CT molecular complexity index is 736. The van der Waals surface area contributed by atoms with Gasteiger partial charge in [0.25, 0.3) is 0 Å². The van der Waals surface area contributed by atoms with Crippen LogP contribution in [-0.2, 0) is 17.8 Å². The summed E-state index contributed by atoms with van der Waals surface area (Å²) in [5.41, 5.74) is 8.33. The summed E-state index contributed by atoms with van der Waals surface area (Å²) in [5.74, 6) is 1.21. The fourth-order valence-corrected chi connectivity index (χ4v) is 3.93. The molecule has 0 saturated carbocycles. The van der Waals surface area contributed by atoms with Crippen molar-refractivity contribution < 1.29 is 9.21 Å². The largest absolute Gasteiger partial charge is 0.461 e. The standard InChI is InChI=1S/C20H29N3O2/c1-4-18-16(15-9-7-8-10-19(15)25-18)13-23-12-14(21)11-17(23)20(24)22(5-2)6-3/h7-10,14,17H,4-6,11-13,21H2,1-3H3/t14-,17-/m0/s1. The van der Waals surface area contributed by atoms with Crippen molar-refractivity contribution in [2.75, 3.05) is 19.6 Å². The van der Waals surface area contributed by atoms with Crippen LogP contribution in [0.3, 0.4) is 0 Å². The van der Waals surface area contributed by atoms with Crippen LogP contribution in [0.5, 0.6) is 0 Å². The Hall–Kier alpha value is -1.85. The maximum absolute atomic E-state index is 12.9. The van der Waals surface area contributed by atoms with Crippen molar-refractivity contribution in [1.82, 2.24) is 9.80 Å². The quantitative estimate of drug-likeness (QED) is 0.876. The first-order valence-electron chi connectivity index (χ1n) is 9.36. The molecular weight excluding hydrogens is 314 g/mol. The molecule has 2 atom stereocenters. The van der Waals surface area contributed by atoms with Crippen LogP contribution in [-0.4, -0.2) is 47.4 Å². The first-order chi connectivity index (χ1) is 12.1. The predicted molar refractivity (Wildman–Crippen MR) is 100 cm³/mol. The summed E-state index contributed by atoms with van der Waals surface area (Å²) in [7, 11) is 0. The lowest BCUT2D eigenvalue weighted by molar-refractivity contribution is -0.135. The number of likely N-dealkylation sites (N-methyl/N-ethyl adjacent to an activating group) is 1. The van der Waals surface area contributed by atoms with Gasteiger partial charge in [0, 0.05) is 49.6 Å². The van der Waals surface area contributed by atoms with Crippen LogP contribution in [0.2, 0.25) is 0 Å². The van der Waals surface area contributed by atoms with Gasteiger partial charge in [0.1, 0.15) is 11.3 Å². The lowest BCUT2D eigenvalue weighted by Gasteiger charge is -2.28. The maximum Gasteiger partial charge on any atom is 0.239 e. The van der Waals surface area contributed by atoms with Gasteiger partial charge in [-0.2, -0.15) is 0 Å². The van der Waals surface area contributed by atoms with E-state index in [-0.39, 0.29) is 18.0 Å². The SMILES string of the molecule is CCc1oc2ccccc2c1CN1C[C@@H](N)C[C@H]1C(=O)N(CC)CC. The number of hydrogen-bond acceptors (Lipinski definition) is 4. The van der Waals surface area contributed by atoms with Crippen molar-refractivity contribution in [2.24, 2.45) is 5.73 Å². The Morgan fingerprint density at radius 2 is 2.00 bits per heavy atom. The predicted octanol–water partition coefficient (Wildman–Crippen LogP) is 2.77. The zero-order chi connectivity index (χ0) is 18.0. The number of nitrogens with zero attached hydrogens (tertiary/aromatic N) is 2. The molecule has 1 aromatic heterocycles. The van der Waals surface area contributed by atoms with Crippen LogP contribution in [0.1, 0.15) is 38.5 Å². The van der Waals surface area contributed by atoms with E-state index in [9.17, 15) is 4.79 Å². The van der Waals surface area contributed by atoms with Gasteiger partial charge >= 0.3 is 0 Å². The van der Waals surface area contributed by atoms with Crippen LogP contribution in [0.25, 0.3) is 11.0 Å². The molecule has 5 nitrogen and oxygen atoms in total. The number of amides is 1. The molecule has 0 bridgehead atoms. The summed E-state index contributed by atoms with van der Waals surface area (Å²) < 4.78 is 6.02. The number of likely N-dealkylation sites (tertiary alicyclic amines) is 1. The molecular formula is C20H29N3O2. The fraction of sp³-hybridized carbons (Fsp3) is 0.550. The Kier molecular flexibility index (Phi) is 5.45. The summed E-state index contributed by atoms with van der Waals surface area (Å²) in [4.78, 5) is 17.1. The molecule has 0 unspecified atom stereocenters. The highest BCUT2D eigenvalue weighted by Crippen LogP contribution is 2.30. The minimum atomic E-state index is -0.131. The second-order valence-electron chi connectivity index (χ2n) is 6.81. The van der Waals surface area contributed by atoms with Crippen molar-refractivity contribution >= 4 is 16.9 Å². The summed E-state index contributed by atoms with van der Waals surface area (Å²) in [6, 6.07) is 8.06. The third kappa shape index (κ3) is 3.44. The monoisotopic (exact) mass is 343 g/mol. The lowest BCUT2D eigenvalue weighted by Crippen LogP contribution is -2.45. The molecule has 5 heteroatoms. The first kappa shape index (κ1) is 18.0. The normalized spacial score (nSPS) is 21.1. The van der Waals surface area contributed by atoms with E-state index < -0.39 is 0 Å². The molecule has 2 heterocycles. The van der Waals surface area contributed by atoms with Crippen molar-refractivity contribution in [1.29, 1.82) is 0 Å². The van der Waals surface area contributed by atoms with E-state index in [1.165, 1.54) is 5.56 Å². The number of furan rings is 1. The number of benzene rings is 1. The molecule has 1 aliphatic rings. The third-order valence-corrected chi connectivity index (χ3v) is 5.26. The molecule has 1 fully saturated rings. The van der Waals surface area contributed by atoms with Gasteiger partial charge in [0.15, 0.2) is 0 Å². The molecule has 1 aliphatic heterocycles. The summed E-state index contributed by atoms with van der Waals surface area (Å²) in [6.45, 7) is 9.10. The first-order valence-corrected chi connectivity index (χ1v) is 9.36. The highest BCUT2D eigenvalue weighted by molar-refractivity contribution is 5.84. The lowest BCUT2D eigenvalue weighted by atomic mass is 10.1. The van der Waals surface area contributed by atoms with E-state index in [2.05, 4.69) is 17.9 Å². The van der Waals surface area contributed by atoms with Crippen molar-refractivity contribution in [3.05, 3.63) is 35.6 Å². The molecule has 0 spiro atoms. The van der Waals surface area contributed by atoms with E-state index in [1.807, 2.05) is 36.9 Å². The van der Waals surface area contributed by atoms with E-state index in [0.717, 1.165) is 49.2 Å². The van der Waals surface area contributed by atoms with Gasteiger partial charge in [-0.05, 0) is 26.3 Å². The molecule has 2 aromatic rings. The minimum absolute atomic E-state index is 0.0488. The Labute approximate surface area is 149 Å². The number of fused-ring (bicyclic) bond motifs is 1. The average molecular weight is 343 g/mol. The van der Waals surface area contributed by atoms with E-state index in [1.54, 1.807) is 0 Å². The third-order valence-electron chi connectivity index (χ3n) is 5.26. The summed E-state index contributed by atoms with van der Waals surface area (Å²) in [5, 5.41) is 1.15. The number of rotatable bonds is 6. The number of carbonyl (C=O) groups excluding carboxylic acids is 1. The maximum atomic E-state index is 12.9. The van der Waals surface area contributed by atoms with E-state index >= 15 is 0 Å². The van der Waals surface area contributed by atoms with Gasteiger partial charge in [-0.3, -0.25) is 9.69 Å². The number of hydrogen-bond donors (Lipinski definition) is 1. The zero-order valence-corrected chi connectivity index (χ0v) is 15.5. The number of para-hydroxylation sites is 1. The summed E-state index contributed by atoms with van der Waals surface area (Å²) >= 11 is 0. The van der Waals surface area contributed by atoms with Crippen LogP contribution < -0.4 is 5.73 Å². The van der Waals surface area contributed by atoms with Crippen molar-refractivity contribution in [3.63, 3.8) is 0 Å².